The van der Waals surface area contributed by atoms with Gasteiger partial charge in [-0.3, -0.25) is 9.48 Å². The first-order chi connectivity index (χ1) is 10.1. The maximum absolute atomic E-state index is 10.8. The van der Waals surface area contributed by atoms with Crippen LogP contribution in [0.5, 0.6) is 11.5 Å². The summed E-state index contributed by atoms with van der Waals surface area (Å²) in [5.74, 6) is 1.03. The van der Waals surface area contributed by atoms with Crippen molar-refractivity contribution in [3.05, 3.63) is 34.6 Å². The first-order valence-corrected chi connectivity index (χ1v) is 7.04. The summed E-state index contributed by atoms with van der Waals surface area (Å²) in [4.78, 5) is 10.8. The van der Waals surface area contributed by atoms with Crippen molar-refractivity contribution in [1.29, 1.82) is 0 Å². The van der Waals surface area contributed by atoms with E-state index in [0.29, 0.717) is 6.54 Å². The van der Waals surface area contributed by atoms with E-state index in [9.17, 15) is 4.79 Å². The van der Waals surface area contributed by atoms with Gasteiger partial charge in [0.2, 0.25) is 12.7 Å². The van der Waals surface area contributed by atoms with Crippen molar-refractivity contribution in [2.45, 2.75) is 13.1 Å². The molecule has 2 aromatic rings. The summed E-state index contributed by atoms with van der Waals surface area (Å²) in [5.41, 5.74) is 6.96. The summed E-state index contributed by atoms with van der Waals surface area (Å²) in [6, 6.07) is 3.89. The van der Waals surface area contributed by atoms with Crippen LogP contribution in [0.2, 0.25) is 0 Å². The second-order valence-corrected chi connectivity index (χ2v) is 5.41. The molecule has 0 spiro atoms. The Morgan fingerprint density at radius 1 is 1.48 bits per heavy atom. The predicted octanol–water partition coefficient (Wildman–Crippen LogP) is 1.47. The van der Waals surface area contributed by atoms with Gasteiger partial charge in [-0.2, -0.15) is 5.10 Å². The van der Waals surface area contributed by atoms with Gasteiger partial charge in [-0.15, -0.1) is 0 Å². The Bertz CT molecular complexity index is 686. The van der Waals surface area contributed by atoms with E-state index in [4.69, 9.17) is 15.2 Å². The Balaban J connectivity index is 1.66. The molecule has 0 fully saturated rings. The van der Waals surface area contributed by atoms with E-state index in [1.54, 1.807) is 12.4 Å². The minimum atomic E-state index is -0.427. The highest BCUT2D eigenvalue weighted by Crippen LogP contribution is 2.40. The highest BCUT2D eigenvalue weighted by atomic mass is 79.9. The van der Waals surface area contributed by atoms with Crippen LogP contribution in [0.15, 0.2) is 29.0 Å². The van der Waals surface area contributed by atoms with Crippen LogP contribution in [-0.2, 0) is 17.9 Å². The molecule has 7 nitrogen and oxygen atoms in total. The predicted molar refractivity (Wildman–Crippen MR) is 79.0 cm³/mol. The number of anilines is 1. The van der Waals surface area contributed by atoms with Gasteiger partial charge >= 0.3 is 0 Å². The minimum absolute atomic E-state index is 0.0667. The molecule has 0 radical (unpaired) electrons. The number of carbonyl (C=O) groups is 1. The number of nitrogens with two attached hydrogens (primary N) is 1. The number of halogens is 1. The number of nitrogens with one attached hydrogen (secondary N) is 1. The molecule has 0 bridgehead atoms. The van der Waals surface area contributed by atoms with E-state index in [2.05, 4.69) is 26.3 Å². The lowest BCUT2D eigenvalue weighted by atomic mass is 10.2. The molecule has 3 rings (SSSR count). The van der Waals surface area contributed by atoms with Crippen molar-refractivity contribution >= 4 is 27.5 Å². The molecule has 1 aromatic heterocycles. The maximum atomic E-state index is 10.8. The normalized spacial score (nSPS) is 12.4. The molecule has 2 heterocycles. The molecule has 0 unspecified atom stereocenters. The quantitative estimate of drug-likeness (QED) is 0.850. The van der Waals surface area contributed by atoms with E-state index in [1.165, 1.54) is 4.68 Å². The second-order valence-electron chi connectivity index (χ2n) is 4.56. The fraction of sp³-hybridized carbons (Fsp3) is 0.231. The van der Waals surface area contributed by atoms with Crippen molar-refractivity contribution in [2.24, 2.45) is 5.73 Å². The van der Waals surface area contributed by atoms with E-state index in [-0.39, 0.29) is 13.3 Å². The van der Waals surface area contributed by atoms with Gasteiger partial charge in [0.1, 0.15) is 6.54 Å². The number of hydrogen-bond acceptors (Lipinski definition) is 5. The number of amides is 1. The number of ether oxygens (including phenoxy) is 2. The Labute approximate surface area is 129 Å². The molecule has 0 saturated carbocycles. The number of nitrogens with zero attached hydrogens (tertiary/aromatic N) is 2. The van der Waals surface area contributed by atoms with Crippen molar-refractivity contribution in [3.63, 3.8) is 0 Å². The van der Waals surface area contributed by atoms with Gasteiger partial charge in [0.15, 0.2) is 11.5 Å². The minimum Gasteiger partial charge on any atom is -0.454 e. The summed E-state index contributed by atoms with van der Waals surface area (Å²) in [6.45, 7) is 0.902. The first-order valence-electron chi connectivity index (χ1n) is 6.24. The van der Waals surface area contributed by atoms with Gasteiger partial charge in [-0.25, -0.2) is 0 Å². The second kappa shape index (κ2) is 5.65. The molecule has 0 aliphatic carbocycles. The Hall–Kier alpha value is -2.22. The fourth-order valence-corrected chi connectivity index (χ4v) is 2.63. The molecule has 1 aliphatic rings. The molecule has 1 amide bonds. The van der Waals surface area contributed by atoms with E-state index < -0.39 is 5.91 Å². The largest absolute Gasteiger partial charge is 0.454 e. The smallest absolute Gasteiger partial charge is 0.239 e. The number of primary amides is 1. The molecule has 110 valence electrons. The lowest BCUT2D eigenvalue weighted by Crippen LogP contribution is -2.18. The molecule has 0 saturated heterocycles. The van der Waals surface area contributed by atoms with Crippen LogP contribution in [0.25, 0.3) is 0 Å². The molecule has 1 aliphatic heterocycles. The van der Waals surface area contributed by atoms with Crippen molar-refractivity contribution in [3.8, 4) is 11.5 Å². The van der Waals surface area contributed by atoms with Gasteiger partial charge in [-0.05, 0) is 33.6 Å². The Morgan fingerprint density at radius 3 is 3.14 bits per heavy atom. The summed E-state index contributed by atoms with van der Waals surface area (Å²) in [6.07, 6.45) is 3.37. The van der Waals surface area contributed by atoms with Crippen LogP contribution in [-0.4, -0.2) is 22.5 Å². The zero-order valence-corrected chi connectivity index (χ0v) is 12.6. The Kier molecular flexibility index (Phi) is 3.70. The third-order valence-electron chi connectivity index (χ3n) is 2.93. The SMILES string of the molecule is NC(=O)Cn1cc(NCc2cc(Br)c3c(c2)OCO3)cn1. The van der Waals surface area contributed by atoms with Crippen molar-refractivity contribution < 1.29 is 14.3 Å². The maximum Gasteiger partial charge on any atom is 0.239 e. The van der Waals surface area contributed by atoms with Crippen LogP contribution in [0, 0.1) is 0 Å². The number of benzene rings is 1. The van der Waals surface area contributed by atoms with Crippen LogP contribution < -0.4 is 20.5 Å². The van der Waals surface area contributed by atoms with Crippen LogP contribution in [0.1, 0.15) is 5.56 Å². The molecule has 1 aromatic carbocycles. The van der Waals surface area contributed by atoms with Crippen LogP contribution >= 0.6 is 15.9 Å². The lowest BCUT2D eigenvalue weighted by Gasteiger charge is -2.06. The summed E-state index contributed by atoms with van der Waals surface area (Å²) >= 11 is 3.46. The topological polar surface area (TPSA) is 91.4 Å². The highest BCUT2D eigenvalue weighted by Gasteiger charge is 2.17. The lowest BCUT2D eigenvalue weighted by molar-refractivity contribution is -0.118. The van der Waals surface area contributed by atoms with E-state index >= 15 is 0 Å². The van der Waals surface area contributed by atoms with Gasteiger partial charge < -0.3 is 20.5 Å². The fourth-order valence-electron chi connectivity index (χ4n) is 2.03. The van der Waals surface area contributed by atoms with E-state index in [0.717, 1.165) is 27.2 Å². The summed E-state index contributed by atoms with van der Waals surface area (Å²) in [5, 5.41) is 7.26. The standard InChI is InChI=1S/C13H13BrN4O3/c14-10-1-8(2-11-13(10)21-7-20-11)3-16-9-4-17-18(5-9)6-12(15)19/h1-2,4-5,16H,3,6-7H2,(H2,15,19). The number of hydrogen-bond donors (Lipinski definition) is 2. The number of fused-ring (bicyclic) bond motifs is 1. The summed E-state index contributed by atoms with van der Waals surface area (Å²) in [7, 11) is 0. The first kappa shape index (κ1) is 13.7. The zero-order chi connectivity index (χ0) is 14.8. The van der Waals surface area contributed by atoms with E-state index in [1.807, 2.05) is 12.1 Å². The number of rotatable bonds is 5. The number of carbonyl (C=O) groups excluding carboxylic acids is 1. The third kappa shape index (κ3) is 3.10. The van der Waals surface area contributed by atoms with Gasteiger partial charge in [-0.1, -0.05) is 0 Å². The number of aromatic nitrogens is 2. The summed E-state index contributed by atoms with van der Waals surface area (Å²) < 4.78 is 13.1. The monoisotopic (exact) mass is 352 g/mol. The molecule has 21 heavy (non-hydrogen) atoms. The average Bonchev–Trinajstić information content (AvgIpc) is 3.04. The van der Waals surface area contributed by atoms with Crippen LogP contribution in [0.3, 0.4) is 0 Å². The van der Waals surface area contributed by atoms with Crippen molar-refractivity contribution in [1.82, 2.24) is 9.78 Å². The van der Waals surface area contributed by atoms with Gasteiger partial charge in [0, 0.05) is 12.7 Å². The molecule has 8 heteroatoms. The highest BCUT2D eigenvalue weighted by molar-refractivity contribution is 9.10. The zero-order valence-electron chi connectivity index (χ0n) is 11.0. The molecule has 0 atom stereocenters. The molecule has 3 N–H and O–H groups in total. The Morgan fingerprint density at radius 2 is 2.33 bits per heavy atom. The molecular formula is C13H13BrN4O3. The molecular weight excluding hydrogens is 340 g/mol. The van der Waals surface area contributed by atoms with Crippen molar-refractivity contribution in [2.75, 3.05) is 12.1 Å². The van der Waals surface area contributed by atoms with Gasteiger partial charge in [0.05, 0.1) is 16.4 Å². The van der Waals surface area contributed by atoms with Gasteiger partial charge in [0.25, 0.3) is 0 Å². The average molecular weight is 353 g/mol. The third-order valence-corrected chi connectivity index (χ3v) is 3.52. The van der Waals surface area contributed by atoms with Crippen LogP contribution in [0.4, 0.5) is 5.69 Å².